The molecule has 0 saturated carbocycles. The number of hydrogen-bond donors (Lipinski definition) is 1. The molecule has 0 amide bonds. The molecule has 0 fully saturated rings. The molecule has 0 aliphatic heterocycles. The standard InChI is InChI=1S/C14H12ClF2NS/c15-12-8-11(3-1-9(12)5-6-18)19-14-7-10(16)2-4-13(14)17/h1-4,7-8H,5-6,18H2. The van der Waals surface area contributed by atoms with Crippen molar-refractivity contribution in [2.75, 3.05) is 6.54 Å². The molecule has 0 unspecified atom stereocenters. The summed E-state index contributed by atoms with van der Waals surface area (Å²) < 4.78 is 26.6. The molecule has 5 heteroatoms. The van der Waals surface area contributed by atoms with E-state index < -0.39 is 11.6 Å². The lowest BCUT2D eigenvalue weighted by Gasteiger charge is -2.07. The molecule has 0 heterocycles. The molecule has 0 saturated heterocycles. The highest BCUT2D eigenvalue weighted by molar-refractivity contribution is 7.99. The molecule has 0 atom stereocenters. The molecule has 19 heavy (non-hydrogen) atoms. The summed E-state index contributed by atoms with van der Waals surface area (Å²) in [6.45, 7) is 0.519. The summed E-state index contributed by atoms with van der Waals surface area (Å²) in [5.41, 5.74) is 6.42. The highest BCUT2D eigenvalue weighted by Gasteiger charge is 2.08. The van der Waals surface area contributed by atoms with Crippen LogP contribution in [0, 0.1) is 11.6 Å². The Balaban J connectivity index is 2.24. The van der Waals surface area contributed by atoms with Gasteiger partial charge in [-0.25, -0.2) is 8.78 Å². The lowest BCUT2D eigenvalue weighted by atomic mass is 10.1. The maximum atomic E-state index is 13.5. The Morgan fingerprint density at radius 3 is 2.58 bits per heavy atom. The summed E-state index contributed by atoms with van der Waals surface area (Å²) in [5, 5.41) is 0.590. The van der Waals surface area contributed by atoms with Crippen molar-refractivity contribution in [1.82, 2.24) is 0 Å². The van der Waals surface area contributed by atoms with Crippen LogP contribution in [0.5, 0.6) is 0 Å². The smallest absolute Gasteiger partial charge is 0.137 e. The van der Waals surface area contributed by atoms with E-state index in [0.29, 0.717) is 18.0 Å². The van der Waals surface area contributed by atoms with Gasteiger partial charge in [-0.05, 0) is 48.9 Å². The van der Waals surface area contributed by atoms with Crippen molar-refractivity contribution in [3.63, 3.8) is 0 Å². The van der Waals surface area contributed by atoms with Crippen LogP contribution < -0.4 is 5.73 Å². The second kappa shape index (κ2) is 6.37. The third-order valence-electron chi connectivity index (χ3n) is 2.56. The molecule has 0 aromatic heterocycles. The van der Waals surface area contributed by atoms with E-state index in [1.807, 2.05) is 12.1 Å². The molecule has 2 N–H and O–H groups in total. The first kappa shape index (κ1) is 14.3. The fourth-order valence-electron chi connectivity index (χ4n) is 1.63. The first-order valence-corrected chi connectivity index (χ1v) is 6.91. The van der Waals surface area contributed by atoms with Crippen molar-refractivity contribution >= 4 is 23.4 Å². The molecular weight excluding hydrogens is 288 g/mol. The normalized spacial score (nSPS) is 10.7. The summed E-state index contributed by atoms with van der Waals surface area (Å²) in [6.07, 6.45) is 0.693. The number of halogens is 3. The largest absolute Gasteiger partial charge is 0.330 e. The van der Waals surface area contributed by atoms with Gasteiger partial charge in [0.15, 0.2) is 0 Å². The molecule has 2 aromatic carbocycles. The van der Waals surface area contributed by atoms with E-state index in [9.17, 15) is 8.78 Å². The minimum atomic E-state index is -0.463. The first-order chi connectivity index (χ1) is 9.10. The zero-order valence-electron chi connectivity index (χ0n) is 10.00. The molecule has 0 radical (unpaired) electrons. The molecular formula is C14H12ClF2NS. The van der Waals surface area contributed by atoms with Crippen molar-refractivity contribution in [2.24, 2.45) is 5.73 Å². The Labute approximate surface area is 119 Å². The van der Waals surface area contributed by atoms with Crippen molar-refractivity contribution in [3.05, 3.63) is 58.6 Å². The van der Waals surface area contributed by atoms with Gasteiger partial charge in [-0.3, -0.25) is 0 Å². The Hall–Kier alpha value is -1.10. The zero-order valence-corrected chi connectivity index (χ0v) is 11.6. The fraction of sp³-hybridized carbons (Fsp3) is 0.143. The molecule has 0 bridgehead atoms. The van der Waals surface area contributed by atoms with E-state index in [1.54, 1.807) is 6.07 Å². The van der Waals surface area contributed by atoms with Crippen molar-refractivity contribution in [1.29, 1.82) is 0 Å². The molecule has 2 rings (SSSR count). The Morgan fingerprint density at radius 2 is 1.89 bits per heavy atom. The van der Waals surface area contributed by atoms with Gasteiger partial charge in [-0.1, -0.05) is 29.4 Å². The van der Waals surface area contributed by atoms with Crippen LogP contribution in [-0.2, 0) is 6.42 Å². The van der Waals surface area contributed by atoms with E-state index in [4.69, 9.17) is 17.3 Å². The van der Waals surface area contributed by atoms with Gasteiger partial charge in [0, 0.05) is 9.92 Å². The number of rotatable bonds is 4. The predicted octanol–water partition coefficient (Wildman–Crippen LogP) is 4.27. The van der Waals surface area contributed by atoms with Gasteiger partial charge in [0.05, 0.1) is 4.90 Å². The quantitative estimate of drug-likeness (QED) is 0.912. The van der Waals surface area contributed by atoms with Gasteiger partial charge in [0.25, 0.3) is 0 Å². The summed E-state index contributed by atoms with van der Waals surface area (Å²) in [5.74, 6) is -0.914. The molecule has 2 aromatic rings. The lowest BCUT2D eigenvalue weighted by Crippen LogP contribution is -2.02. The minimum Gasteiger partial charge on any atom is -0.330 e. The van der Waals surface area contributed by atoms with Gasteiger partial charge in [-0.15, -0.1) is 0 Å². The van der Waals surface area contributed by atoms with E-state index in [0.717, 1.165) is 34.4 Å². The summed E-state index contributed by atoms with van der Waals surface area (Å²) in [7, 11) is 0. The van der Waals surface area contributed by atoms with Crippen LogP contribution >= 0.6 is 23.4 Å². The van der Waals surface area contributed by atoms with Gasteiger partial charge < -0.3 is 5.73 Å². The van der Waals surface area contributed by atoms with Crippen LogP contribution in [-0.4, -0.2) is 6.54 Å². The lowest BCUT2D eigenvalue weighted by molar-refractivity contribution is 0.577. The maximum absolute atomic E-state index is 13.5. The van der Waals surface area contributed by atoms with Gasteiger partial charge in [0.2, 0.25) is 0 Å². The minimum absolute atomic E-state index is 0.239. The Morgan fingerprint density at radius 1 is 1.11 bits per heavy atom. The molecule has 100 valence electrons. The fourth-order valence-corrected chi connectivity index (χ4v) is 2.88. The maximum Gasteiger partial charge on any atom is 0.137 e. The van der Waals surface area contributed by atoms with E-state index in [2.05, 4.69) is 0 Å². The molecule has 0 spiro atoms. The summed E-state index contributed by atoms with van der Waals surface area (Å²) >= 11 is 7.25. The van der Waals surface area contributed by atoms with E-state index >= 15 is 0 Å². The number of nitrogens with two attached hydrogens (primary N) is 1. The van der Waals surface area contributed by atoms with E-state index in [1.165, 1.54) is 6.07 Å². The number of hydrogen-bond acceptors (Lipinski definition) is 2. The van der Waals surface area contributed by atoms with Crippen LogP contribution in [0.25, 0.3) is 0 Å². The van der Waals surface area contributed by atoms with Gasteiger partial charge in [0.1, 0.15) is 11.6 Å². The third kappa shape index (κ3) is 3.69. The van der Waals surface area contributed by atoms with Gasteiger partial charge >= 0.3 is 0 Å². The van der Waals surface area contributed by atoms with Crippen molar-refractivity contribution in [3.8, 4) is 0 Å². The van der Waals surface area contributed by atoms with Gasteiger partial charge in [-0.2, -0.15) is 0 Å². The predicted molar refractivity (Wildman–Crippen MR) is 74.7 cm³/mol. The van der Waals surface area contributed by atoms with E-state index in [-0.39, 0.29) is 4.90 Å². The van der Waals surface area contributed by atoms with Crippen LogP contribution in [0.3, 0.4) is 0 Å². The monoisotopic (exact) mass is 299 g/mol. The van der Waals surface area contributed by atoms with Crippen LogP contribution in [0.4, 0.5) is 8.78 Å². The highest BCUT2D eigenvalue weighted by Crippen LogP contribution is 2.32. The molecule has 1 nitrogen and oxygen atoms in total. The van der Waals surface area contributed by atoms with Crippen molar-refractivity contribution in [2.45, 2.75) is 16.2 Å². The molecule has 0 aliphatic carbocycles. The first-order valence-electron chi connectivity index (χ1n) is 5.71. The van der Waals surface area contributed by atoms with Crippen LogP contribution in [0.1, 0.15) is 5.56 Å². The Kier molecular flexibility index (Phi) is 4.80. The second-order valence-corrected chi connectivity index (χ2v) is 5.49. The third-order valence-corrected chi connectivity index (χ3v) is 3.93. The van der Waals surface area contributed by atoms with Crippen LogP contribution in [0.2, 0.25) is 5.02 Å². The van der Waals surface area contributed by atoms with Crippen LogP contribution in [0.15, 0.2) is 46.2 Å². The SMILES string of the molecule is NCCc1ccc(Sc2cc(F)ccc2F)cc1Cl. The highest BCUT2D eigenvalue weighted by atomic mass is 35.5. The topological polar surface area (TPSA) is 26.0 Å². The number of benzene rings is 2. The molecule has 0 aliphatic rings. The summed E-state index contributed by atoms with van der Waals surface area (Å²) in [4.78, 5) is 0.998. The van der Waals surface area contributed by atoms with Crippen molar-refractivity contribution < 1.29 is 8.78 Å². The average molecular weight is 300 g/mol. The Bertz CT molecular complexity index is 590. The summed E-state index contributed by atoms with van der Waals surface area (Å²) in [6, 6.07) is 8.79. The average Bonchev–Trinajstić information content (AvgIpc) is 2.37. The second-order valence-electron chi connectivity index (χ2n) is 3.97. The zero-order chi connectivity index (χ0) is 13.8.